The molecule has 0 saturated carbocycles. The van der Waals surface area contributed by atoms with Crippen LogP contribution in [0.3, 0.4) is 0 Å². The van der Waals surface area contributed by atoms with E-state index in [1.807, 2.05) is 13.8 Å². The minimum absolute atomic E-state index is 0.119. The van der Waals surface area contributed by atoms with Gasteiger partial charge in [-0.15, -0.1) is 0 Å². The lowest BCUT2D eigenvalue weighted by Crippen LogP contribution is -2.29. The number of nitrogens with two attached hydrogens (primary N) is 1. The Bertz CT molecular complexity index is 165. The Morgan fingerprint density at radius 2 is 2.20 bits per heavy atom. The second kappa shape index (κ2) is 9.89. The van der Waals surface area contributed by atoms with Crippen LogP contribution in [-0.2, 0) is 14.3 Å². The number of rotatable bonds is 9. The standard InChI is InChI=1S/C10H22N2O3/c1-3-14-8-9(2)15-7-5-4-6-10(13)12-11/h9H,3-8,11H2,1-2H3,(H,12,13). The van der Waals surface area contributed by atoms with Gasteiger partial charge in [0.15, 0.2) is 0 Å². The molecule has 1 amide bonds. The second-order valence-electron chi connectivity index (χ2n) is 3.37. The molecule has 0 aliphatic rings. The molecule has 0 saturated heterocycles. The first-order valence-corrected chi connectivity index (χ1v) is 5.39. The monoisotopic (exact) mass is 218 g/mol. The van der Waals surface area contributed by atoms with Crippen molar-refractivity contribution in [3.05, 3.63) is 0 Å². The number of amides is 1. The van der Waals surface area contributed by atoms with Crippen molar-refractivity contribution in [3.8, 4) is 0 Å². The summed E-state index contributed by atoms with van der Waals surface area (Å²) in [6.07, 6.45) is 2.24. The molecule has 15 heavy (non-hydrogen) atoms. The largest absolute Gasteiger partial charge is 0.379 e. The third-order valence-electron chi connectivity index (χ3n) is 1.92. The number of unbranched alkanes of at least 4 members (excludes halogenated alkanes) is 1. The zero-order chi connectivity index (χ0) is 11.5. The van der Waals surface area contributed by atoms with Crippen LogP contribution in [-0.4, -0.2) is 31.8 Å². The van der Waals surface area contributed by atoms with Gasteiger partial charge in [-0.25, -0.2) is 5.84 Å². The van der Waals surface area contributed by atoms with Crippen molar-refractivity contribution < 1.29 is 14.3 Å². The van der Waals surface area contributed by atoms with Gasteiger partial charge in [-0.05, 0) is 26.7 Å². The van der Waals surface area contributed by atoms with Crippen LogP contribution in [0.4, 0.5) is 0 Å². The molecule has 1 unspecified atom stereocenters. The molecule has 0 aromatic carbocycles. The molecule has 0 spiro atoms. The van der Waals surface area contributed by atoms with E-state index < -0.39 is 0 Å². The van der Waals surface area contributed by atoms with Crippen molar-refractivity contribution in [1.82, 2.24) is 5.43 Å². The van der Waals surface area contributed by atoms with Gasteiger partial charge in [0.2, 0.25) is 5.91 Å². The smallest absolute Gasteiger partial charge is 0.233 e. The molecular formula is C10H22N2O3. The summed E-state index contributed by atoms with van der Waals surface area (Å²) in [7, 11) is 0. The molecule has 0 aromatic rings. The summed E-state index contributed by atoms with van der Waals surface area (Å²) < 4.78 is 10.7. The average Bonchev–Trinajstić information content (AvgIpc) is 2.25. The van der Waals surface area contributed by atoms with Crippen LogP contribution in [0.2, 0.25) is 0 Å². The van der Waals surface area contributed by atoms with Crippen LogP contribution in [0.15, 0.2) is 0 Å². The normalized spacial score (nSPS) is 12.5. The Morgan fingerprint density at radius 3 is 2.80 bits per heavy atom. The van der Waals surface area contributed by atoms with Gasteiger partial charge in [-0.2, -0.15) is 0 Å². The van der Waals surface area contributed by atoms with E-state index in [4.69, 9.17) is 15.3 Å². The molecule has 0 aromatic heterocycles. The molecule has 90 valence electrons. The first-order valence-electron chi connectivity index (χ1n) is 5.39. The number of hydrazine groups is 1. The fourth-order valence-corrected chi connectivity index (χ4v) is 1.08. The fourth-order valence-electron chi connectivity index (χ4n) is 1.08. The topological polar surface area (TPSA) is 73.6 Å². The van der Waals surface area contributed by atoms with Gasteiger partial charge in [0.05, 0.1) is 12.7 Å². The zero-order valence-electron chi connectivity index (χ0n) is 9.62. The van der Waals surface area contributed by atoms with Crippen molar-refractivity contribution in [2.45, 2.75) is 39.2 Å². The van der Waals surface area contributed by atoms with Crippen molar-refractivity contribution in [1.29, 1.82) is 0 Å². The summed E-state index contributed by atoms with van der Waals surface area (Å²) in [4.78, 5) is 10.8. The maximum atomic E-state index is 10.8. The zero-order valence-corrected chi connectivity index (χ0v) is 9.62. The highest BCUT2D eigenvalue weighted by atomic mass is 16.5. The maximum Gasteiger partial charge on any atom is 0.233 e. The lowest BCUT2D eigenvalue weighted by molar-refractivity contribution is -0.121. The molecule has 0 aliphatic carbocycles. The van der Waals surface area contributed by atoms with Crippen LogP contribution in [0.5, 0.6) is 0 Å². The van der Waals surface area contributed by atoms with E-state index in [0.29, 0.717) is 26.2 Å². The number of carbonyl (C=O) groups is 1. The Morgan fingerprint density at radius 1 is 1.47 bits per heavy atom. The van der Waals surface area contributed by atoms with E-state index in [0.717, 1.165) is 12.8 Å². The number of ether oxygens (including phenoxy) is 2. The number of nitrogens with one attached hydrogen (secondary N) is 1. The van der Waals surface area contributed by atoms with Gasteiger partial charge in [-0.3, -0.25) is 10.2 Å². The Hall–Kier alpha value is -0.650. The predicted octanol–water partition coefficient (Wildman–Crippen LogP) is 0.588. The molecule has 3 N–H and O–H groups in total. The summed E-state index contributed by atoms with van der Waals surface area (Å²) in [5.41, 5.74) is 2.09. The maximum absolute atomic E-state index is 10.8. The highest BCUT2D eigenvalue weighted by molar-refractivity contribution is 5.74. The SMILES string of the molecule is CCOCC(C)OCCCCC(=O)NN. The summed E-state index contributed by atoms with van der Waals surface area (Å²) in [6, 6.07) is 0. The molecule has 0 fully saturated rings. The number of carbonyl (C=O) groups excluding carboxylic acids is 1. The fraction of sp³-hybridized carbons (Fsp3) is 0.900. The molecule has 0 heterocycles. The van der Waals surface area contributed by atoms with Crippen molar-refractivity contribution in [2.24, 2.45) is 5.84 Å². The first kappa shape index (κ1) is 14.3. The third kappa shape index (κ3) is 9.65. The number of hydrogen-bond acceptors (Lipinski definition) is 4. The van der Waals surface area contributed by atoms with Crippen molar-refractivity contribution >= 4 is 5.91 Å². The summed E-state index contributed by atoms with van der Waals surface area (Å²) in [6.45, 7) is 5.93. The minimum atomic E-state index is -0.127. The van der Waals surface area contributed by atoms with Crippen molar-refractivity contribution in [3.63, 3.8) is 0 Å². The Balaban J connectivity index is 3.19. The van der Waals surface area contributed by atoms with Crippen LogP contribution >= 0.6 is 0 Å². The summed E-state index contributed by atoms with van der Waals surface area (Å²) in [5, 5.41) is 0. The quantitative estimate of drug-likeness (QED) is 0.257. The molecular weight excluding hydrogens is 196 g/mol. The van der Waals surface area contributed by atoms with Crippen molar-refractivity contribution in [2.75, 3.05) is 19.8 Å². The van der Waals surface area contributed by atoms with Gasteiger partial charge in [-0.1, -0.05) is 0 Å². The van der Waals surface area contributed by atoms with E-state index in [2.05, 4.69) is 5.43 Å². The van der Waals surface area contributed by atoms with E-state index in [9.17, 15) is 4.79 Å². The Labute approximate surface area is 91.3 Å². The third-order valence-corrected chi connectivity index (χ3v) is 1.92. The molecule has 0 aliphatic heterocycles. The Kier molecular flexibility index (Phi) is 9.46. The average molecular weight is 218 g/mol. The van der Waals surface area contributed by atoms with Gasteiger partial charge in [0.25, 0.3) is 0 Å². The number of hydrogen-bond donors (Lipinski definition) is 2. The lowest BCUT2D eigenvalue weighted by Gasteiger charge is -2.12. The molecule has 0 bridgehead atoms. The van der Waals surface area contributed by atoms with E-state index in [1.165, 1.54) is 0 Å². The molecule has 1 atom stereocenters. The molecule has 0 rings (SSSR count). The summed E-state index contributed by atoms with van der Waals surface area (Å²) >= 11 is 0. The van der Waals surface area contributed by atoms with E-state index >= 15 is 0 Å². The van der Waals surface area contributed by atoms with Gasteiger partial charge in [0, 0.05) is 19.6 Å². The van der Waals surface area contributed by atoms with Crippen LogP contribution in [0.25, 0.3) is 0 Å². The first-order chi connectivity index (χ1) is 7.20. The van der Waals surface area contributed by atoms with Crippen LogP contribution < -0.4 is 11.3 Å². The highest BCUT2D eigenvalue weighted by Gasteiger charge is 2.02. The van der Waals surface area contributed by atoms with Gasteiger partial charge >= 0.3 is 0 Å². The second-order valence-corrected chi connectivity index (χ2v) is 3.37. The molecule has 5 nitrogen and oxygen atoms in total. The van der Waals surface area contributed by atoms with Crippen LogP contribution in [0.1, 0.15) is 33.1 Å². The minimum Gasteiger partial charge on any atom is -0.379 e. The van der Waals surface area contributed by atoms with Gasteiger partial charge < -0.3 is 9.47 Å². The van der Waals surface area contributed by atoms with E-state index in [-0.39, 0.29) is 12.0 Å². The predicted molar refractivity (Wildman–Crippen MR) is 58.1 cm³/mol. The van der Waals surface area contributed by atoms with Crippen LogP contribution in [0, 0.1) is 0 Å². The van der Waals surface area contributed by atoms with E-state index in [1.54, 1.807) is 0 Å². The summed E-state index contributed by atoms with van der Waals surface area (Å²) in [5.74, 6) is 4.82. The van der Waals surface area contributed by atoms with Gasteiger partial charge in [0.1, 0.15) is 0 Å². The lowest BCUT2D eigenvalue weighted by atomic mass is 10.2. The molecule has 0 radical (unpaired) electrons. The highest BCUT2D eigenvalue weighted by Crippen LogP contribution is 1.99. The molecule has 5 heteroatoms.